The third-order valence-electron chi connectivity index (χ3n) is 6.47. The number of Topliss-reactive ketones (excluding diaryl/α,β-unsaturated/α-hetero) is 1. The van der Waals surface area contributed by atoms with E-state index in [1.807, 2.05) is 48.0 Å². The molecule has 186 valence electrons. The van der Waals surface area contributed by atoms with Crippen LogP contribution in [0.4, 0.5) is 5.69 Å². The van der Waals surface area contributed by atoms with Crippen molar-refractivity contribution in [2.45, 2.75) is 52.4 Å². The Labute approximate surface area is 208 Å². The first-order valence-corrected chi connectivity index (χ1v) is 12.6. The highest BCUT2D eigenvalue weighted by Gasteiger charge is 2.30. The number of anilines is 1. The number of rotatable bonds is 12. The fourth-order valence-electron chi connectivity index (χ4n) is 4.30. The van der Waals surface area contributed by atoms with Gasteiger partial charge in [-0.3, -0.25) is 9.59 Å². The first-order valence-electron chi connectivity index (χ1n) is 12.6. The topological polar surface area (TPSA) is 83.7 Å². The Bertz CT molecular complexity index is 1080. The molecule has 0 radical (unpaired) electrons. The lowest BCUT2D eigenvalue weighted by Crippen LogP contribution is -2.30. The van der Waals surface area contributed by atoms with Crippen LogP contribution in [0, 0.1) is 0 Å². The predicted molar refractivity (Wildman–Crippen MR) is 139 cm³/mol. The number of nitrogens with zero attached hydrogens (tertiary/aromatic N) is 2. The summed E-state index contributed by atoms with van der Waals surface area (Å²) in [4.78, 5) is 26.0. The van der Waals surface area contributed by atoms with Crippen LogP contribution in [0.15, 0.2) is 65.5 Å². The zero-order valence-electron chi connectivity index (χ0n) is 21.0. The fourth-order valence-corrected chi connectivity index (χ4v) is 4.30. The van der Waals surface area contributed by atoms with Gasteiger partial charge in [0.1, 0.15) is 13.6 Å². The number of carboxylic acid groups (broad SMARTS) is 1. The molecule has 0 unspecified atom stereocenters. The molecule has 0 atom stereocenters. The minimum atomic E-state index is -0.806. The molecule has 0 saturated heterocycles. The summed E-state index contributed by atoms with van der Waals surface area (Å²) in [6, 6.07) is 7.80. The van der Waals surface area contributed by atoms with E-state index in [-0.39, 0.29) is 29.1 Å². The van der Waals surface area contributed by atoms with Crippen LogP contribution in [0.25, 0.3) is 5.57 Å². The van der Waals surface area contributed by atoms with Crippen molar-refractivity contribution in [2.75, 3.05) is 31.6 Å². The van der Waals surface area contributed by atoms with Crippen LogP contribution >= 0.6 is 0 Å². The quantitative estimate of drug-likeness (QED) is 0.362. The Morgan fingerprint density at radius 3 is 2.06 bits per heavy atom. The highest BCUT2D eigenvalue weighted by Crippen LogP contribution is 2.37. The summed E-state index contributed by atoms with van der Waals surface area (Å²) in [5, 5.41) is 21.7. The zero-order chi connectivity index (χ0) is 25.4. The first-order chi connectivity index (χ1) is 16.9. The van der Waals surface area contributed by atoms with E-state index in [1.54, 1.807) is 12.2 Å². The van der Waals surface area contributed by atoms with Crippen molar-refractivity contribution in [2.24, 2.45) is 0 Å². The van der Waals surface area contributed by atoms with E-state index in [0.29, 0.717) is 24.1 Å². The van der Waals surface area contributed by atoms with Crippen molar-refractivity contribution in [1.29, 1.82) is 0 Å². The SMILES string of the molecule is CCCCN(CCCC)c1ccc(C2=C([O-])C(=C3C=CC(=[N+](C)CCCC(=O)O)C=C3)C2=O)cc1. The van der Waals surface area contributed by atoms with E-state index < -0.39 is 5.97 Å². The Hall–Kier alpha value is -3.41. The highest BCUT2D eigenvalue weighted by atomic mass is 16.4. The van der Waals surface area contributed by atoms with Gasteiger partial charge >= 0.3 is 5.97 Å². The number of ketones is 1. The standard InChI is InChI=1S/C29H36N2O4/c1-4-6-19-31(20-7-5-2)24-16-12-22(13-17-24)27-28(34)26(29(27)35)21-10-14-23(15-11-21)30(3)18-8-9-25(32)33/h10-17H,4-9,18-20H2,1-3H3,(H-,32,33,34,35). The van der Waals surface area contributed by atoms with E-state index in [1.165, 1.54) is 0 Å². The van der Waals surface area contributed by atoms with Gasteiger partial charge in [-0.25, -0.2) is 4.58 Å². The van der Waals surface area contributed by atoms with Crippen molar-refractivity contribution in [3.63, 3.8) is 0 Å². The molecule has 0 amide bonds. The van der Waals surface area contributed by atoms with Crippen LogP contribution in [0.1, 0.15) is 57.9 Å². The van der Waals surface area contributed by atoms with Crippen molar-refractivity contribution >= 4 is 28.7 Å². The number of carboxylic acids is 1. The van der Waals surface area contributed by atoms with Gasteiger partial charge in [-0.2, -0.15) is 0 Å². The summed E-state index contributed by atoms with van der Waals surface area (Å²) in [7, 11) is 1.89. The van der Waals surface area contributed by atoms with Gasteiger partial charge in [0.15, 0.2) is 11.5 Å². The van der Waals surface area contributed by atoms with Crippen molar-refractivity contribution < 1.29 is 24.4 Å². The molecule has 6 nitrogen and oxygen atoms in total. The van der Waals surface area contributed by atoms with Crippen LogP contribution in [-0.4, -0.2) is 53.8 Å². The van der Waals surface area contributed by atoms with E-state index in [4.69, 9.17) is 5.11 Å². The molecule has 0 aliphatic heterocycles. The molecular weight excluding hydrogens is 440 g/mol. The fraction of sp³-hybridized carbons (Fsp3) is 0.414. The lowest BCUT2D eigenvalue weighted by Gasteiger charge is -2.32. The minimum Gasteiger partial charge on any atom is -0.871 e. The lowest BCUT2D eigenvalue weighted by atomic mass is 9.80. The molecule has 6 heteroatoms. The molecular formula is C29H36N2O4. The van der Waals surface area contributed by atoms with Crippen LogP contribution < -0.4 is 10.0 Å². The average molecular weight is 477 g/mol. The van der Waals surface area contributed by atoms with Gasteiger partial charge in [-0.1, -0.05) is 44.6 Å². The largest absolute Gasteiger partial charge is 0.871 e. The number of unbranched alkanes of at least 4 members (excludes halogenated alkanes) is 2. The number of hydrogen-bond donors (Lipinski definition) is 1. The molecule has 2 aliphatic rings. The highest BCUT2D eigenvalue weighted by molar-refractivity contribution is 6.39. The smallest absolute Gasteiger partial charge is 0.303 e. The maximum atomic E-state index is 12.9. The summed E-state index contributed by atoms with van der Waals surface area (Å²) in [6.07, 6.45) is 12.5. The first kappa shape index (κ1) is 26.2. The molecule has 0 bridgehead atoms. The molecule has 35 heavy (non-hydrogen) atoms. The van der Waals surface area contributed by atoms with Crippen LogP contribution in [0.5, 0.6) is 0 Å². The van der Waals surface area contributed by atoms with Gasteiger partial charge in [0.2, 0.25) is 0 Å². The van der Waals surface area contributed by atoms with Gasteiger partial charge < -0.3 is 15.1 Å². The predicted octanol–water partition coefficient (Wildman–Crippen LogP) is 4.12. The number of allylic oxidation sites excluding steroid dienone is 7. The van der Waals surface area contributed by atoms with Crippen LogP contribution in [0.3, 0.4) is 0 Å². The Morgan fingerprint density at radius 1 is 0.943 bits per heavy atom. The second kappa shape index (κ2) is 12.3. The lowest BCUT2D eigenvalue weighted by molar-refractivity contribution is -0.496. The van der Waals surface area contributed by atoms with Crippen LogP contribution in [-0.2, 0) is 9.59 Å². The van der Waals surface area contributed by atoms with E-state index in [9.17, 15) is 14.7 Å². The molecule has 1 aromatic rings. The molecule has 0 aromatic heterocycles. The number of carbonyl (C=O) groups excluding carboxylic acids is 1. The number of benzene rings is 1. The molecule has 0 spiro atoms. The van der Waals surface area contributed by atoms with E-state index in [0.717, 1.165) is 50.2 Å². The third kappa shape index (κ3) is 6.38. The molecule has 0 fully saturated rings. The number of hydrogen-bond acceptors (Lipinski definition) is 4. The molecule has 0 heterocycles. The zero-order valence-corrected chi connectivity index (χ0v) is 21.0. The summed E-state index contributed by atoms with van der Waals surface area (Å²) in [6.45, 7) is 7.00. The summed E-state index contributed by atoms with van der Waals surface area (Å²) < 4.78 is 1.96. The second-order valence-corrected chi connectivity index (χ2v) is 9.11. The normalized spacial score (nSPS) is 15.1. The minimum absolute atomic E-state index is 0.123. The van der Waals surface area contributed by atoms with Gasteiger partial charge in [-0.15, -0.1) is 0 Å². The summed E-state index contributed by atoms with van der Waals surface area (Å²) in [5.41, 5.74) is 3.82. The third-order valence-corrected chi connectivity index (χ3v) is 6.47. The van der Waals surface area contributed by atoms with Crippen molar-refractivity contribution in [1.82, 2.24) is 0 Å². The molecule has 0 saturated carbocycles. The number of aliphatic carboxylic acids is 1. The Kier molecular flexibility index (Phi) is 9.24. The second-order valence-electron chi connectivity index (χ2n) is 9.11. The molecule has 2 aliphatic carbocycles. The average Bonchev–Trinajstić information content (AvgIpc) is 2.85. The number of carbonyl (C=O) groups is 2. The van der Waals surface area contributed by atoms with Gasteiger partial charge in [0.25, 0.3) is 0 Å². The van der Waals surface area contributed by atoms with Gasteiger partial charge in [-0.05, 0) is 48.3 Å². The Balaban J connectivity index is 1.75. The Morgan fingerprint density at radius 2 is 1.54 bits per heavy atom. The maximum Gasteiger partial charge on any atom is 0.303 e. The molecule has 3 rings (SSSR count). The molecule has 1 aromatic carbocycles. The summed E-state index contributed by atoms with van der Waals surface area (Å²) in [5.74, 6) is -1.22. The van der Waals surface area contributed by atoms with Crippen LogP contribution in [0.2, 0.25) is 0 Å². The maximum absolute atomic E-state index is 12.9. The van der Waals surface area contributed by atoms with Crippen molar-refractivity contribution in [3.8, 4) is 0 Å². The van der Waals surface area contributed by atoms with E-state index >= 15 is 0 Å². The monoisotopic (exact) mass is 476 g/mol. The van der Waals surface area contributed by atoms with E-state index in [2.05, 4.69) is 18.7 Å². The molecule has 1 N–H and O–H groups in total. The van der Waals surface area contributed by atoms with Gasteiger partial charge in [0.05, 0.1) is 6.42 Å². The van der Waals surface area contributed by atoms with Gasteiger partial charge in [0, 0.05) is 48.5 Å². The summed E-state index contributed by atoms with van der Waals surface area (Å²) >= 11 is 0. The van der Waals surface area contributed by atoms with Crippen molar-refractivity contribution in [3.05, 3.63) is 71.0 Å².